The molecule has 0 spiro atoms. The molecule has 0 atom stereocenters. The highest BCUT2D eigenvalue weighted by molar-refractivity contribution is 7.98. The van der Waals surface area contributed by atoms with Crippen LogP contribution in [0.5, 0.6) is 0 Å². The fourth-order valence-corrected chi connectivity index (χ4v) is 2.60. The molecule has 0 aliphatic carbocycles. The molecule has 0 saturated heterocycles. The summed E-state index contributed by atoms with van der Waals surface area (Å²) in [4.78, 5) is 26.8. The number of thioether (sulfide) groups is 1. The molecule has 2 aromatic rings. The zero-order valence-corrected chi connectivity index (χ0v) is 14.6. The lowest BCUT2D eigenvalue weighted by atomic mass is 10.2. The van der Waals surface area contributed by atoms with Gasteiger partial charge in [0.05, 0.1) is 6.54 Å². The van der Waals surface area contributed by atoms with Crippen LogP contribution < -0.4 is 10.6 Å². The molecular weight excluding hydrogens is 322 g/mol. The first-order valence-corrected chi connectivity index (χ1v) is 8.76. The molecule has 2 rings (SSSR count). The van der Waals surface area contributed by atoms with Crippen molar-refractivity contribution in [1.29, 1.82) is 0 Å². The number of para-hydroxylation sites is 1. The Labute approximate surface area is 146 Å². The van der Waals surface area contributed by atoms with Gasteiger partial charge in [0.15, 0.2) is 0 Å². The van der Waals surface area contributed by atoms with E-state index in [0.29, 0.717) is 12.2 Å². The molecule has 24 heavy (non-hydrogen) atoms. The normalized spacial score (nSPS) is 10.5. The minimum atomic E-state index is -0.524. The summed E-state index contributed by atoms with van der Waals surface area (Å²) in [5, 5.41) is 4.95. The number of urea groups is 1. The SMILES string of the molecule is CSc1ccc(CN(C)CC(=O)NC(=O)Nc2ccccc2)cc1. The minimum Gasteiger partial charge on any atom is -0.308 e. The number of imide groups is 1. The average molecular weight is 343 g/mol. The van der Waals surface area contributed by atoms with Gasteiger partial charge in [-0.05, 0) is 43.1 Å². The Morgan fingerprint density at radius 2 is 1.71 bits per heavy atom. The molecule has 6 heteroatoms. The van der Waals surface area contributed by atoms with E-state index in [0.717, 1.165) is 5.56 Å². The Morgan fingerprint density at radius 3 is 2.33 bits per heavy atom. The van der Waals surface area contributed by atoms with E-state index in [1.54, 1.807) is 23.9 Å². The highest BCUT2D eigenvalue weighted by Gasteiger charge is 2.11. The second-order valence-electron chi connectivity index (χ2n) is 5.39. The van der Waals surface area contributed by atoms with Gasteiger partial charge >= 0.3 is 6.03 Å². The summed E-state index contributed by atoms with van der Waals surface area (Å²) < 4.78 is 0. The third-order valence-corrected chi connectivity index (χ3v) is 4.05. The summed E-state index contributed by atoms with van der Waals surface area (Å²) in [5.74, 6) is -0.341. The number of carbonyl (C=O) groups is 2. The van der Waals surface area contributed by atoms with E-state index in [-0.39, 0.29) is 12.5 Å². The van der Waals surface area contributed by atoms with Gasteiger partial charge in [-0.2, -0.15) is 0 Å². The zero-order valence-electron chi connectivity index (χ0n) is 13.8. The Bertz CT molecular complexity index is 674. The minimum absolute atomic E-state index is 0.145. The molecule has 0 heterocycles. The van der Waals surface area contributed by atoms with Crippen LogP contribution in [0.4, 0.5) is 10.5 Å². The van der Waals surface area contributed by atoms with Crippen LogP contribution in [0.15, 0.2) is 59.5 Å². The van der Waals surface area contributed by atoms with E-state index in [4.69, 9.17) is 0 Å². The van der Waals surface area contributed by atoms with Gasteiger partial charge in [-0.3, -0.25) is 15.0 Å². The monoisotopic (exact) mass is 343 g/mol. The number of likely N-dealkylation sites (N-methyl/N-ethyl adjacent to an activating group) is 1. The van der Waals surface area contributed by atoms with Crippen LogP contribution in [0.3, 0.4) is 0 Å². The van der Waals surface area contributed by atoms with Crippen LogP contribution in [0.2, 0.25) is 0 Å². The van der Waals surface area contributed by atoms with Crippen LogP contribution in [0.25, 0.3) is 0 Å². The van der Waals surface area contributed by atoms with Crippen LogP contribution >= 0.6 is 11.8 Å². The van der Waals surface area contributed by atoms with Gasteiger partial charge in [0.2, 0.25) is 5.91 Å². The molecule has 0 bridgehead atoms. The van der Waals surface area contributed by atoms with Gasteiger partial charge in [0, 0.05) is 17.1 Å². The maximum absolute atomic E-state index is 11.9. The lowest BCUT2D eigenvalue weighted by molar-refractivity contribution is -0.120. The van der Waals surface area contributed by atoms with Gasteiger partial charge < -0.3 is 5.32 Å². The number of benzene rings is 2. The summed E-state index contributed by atoms with van der Waals surface area (Å²) in [7, 11) is 1.84. The summed E-state index contributed by atoms with van der Waals surface area (Å²) in [6, 6.07) is 16.7. The molecule has 0 saturated carbocycles. The molecule has 2 aromatic carbocycles. The fraction of sp³-hybridized carbons (Fsp3) is 0.222. The quantitative estimate of drug-likeness (QED) is 0.791. The van der Waals surface area contributed by atoms with E-state index in [2.05, 4.69) is 22.8 Å². The van der Waals surface area contributed by atoms with Crippen molar-refractivity contribution < 1.29 is 9.59 Å². The summed E-state index contributed by atoms with van der Waals surface area (Å²) in [6.45, 7) is 0.787. The lowest BCUT2D eigenvalue weighted by Crippen LogP contribution is -2.40. The molecule has 0 fully saturated rings. The van der Waals surface area contributed by atoms with E-state index >= 15 is 0 Å². The van der Waals surface area contributed by atoms with Crippen LogP contribution in [0, 0.1) is 0 Å². The maximum Gasteiger partial charge on any atom is 0.325 e. The number of carbonyl (C=O) groups excluding carboxylic acids is 2. The standard InChI is InChI=1S/C18H21N3O2S/c1-21(12-14-8-10-16(24-2)11-9-14)13-17(22)20-18(23)19-15-6-4-3-5-7-15/h3-11H,12-13H2,1-2H3,(H2,19,20,22,23). The van der Waals surface area contributed by atoms with Crippen LogP contribution in [-0.2, 0) is 11.3 Å². The van der Waals surface area contributed by atoms with Crippen molar-refractivity contribution >= 4 is 29.4 Å². The zero-order chi connectivity index (χ0) is 17.4. The molecule has 2 N–H and O–H groups in total. The Kier molecular flexibility index (Phi) is 6.84. The maximum atomic E-state index is 11.9. The van der Waals surface area contributed by atoms with Gasteiger partial charge in [-0.25, -0.2) is 4.79 Å². The predicted molar refractivity (Wildman–Crippen MR) is 98.2 cm³/mol. The Balaban J connectivity index is 1.77. The first-order valence-electron chi connectivity index (χ1n) is 7.54. The number of nitrogens with one attached hydrogen (secondary N) is 2. The molecule has 0 unspecified atom stereocenters. The highest BCUT2D eigenvalue weighted by atomic mass is 32.2. The van der Waals surface area contributed by atoms with E-state index in [1.807, 2.05) is 48.5 Å². The molecular formula is C18H21N3O2S. The number of anilines is 1. The number of amides is 3. The predicted octanol–water partition coefficient (Wildman–Crippen LogP) is 3.19. The van der Waals surface area contributed by atoms with Crippen molar-refractivity contribution in [3.8, 4) is 0 Å². The second kappa shape index (κ2) is 9.10. The smallest absolute Gasteiger partial charge is 0.308 e. The van der Waals surface area contributed by atoms with Crippen molar-refractivity contribution in [1.82, 2.24) is 10.2 Å². The summed E-state index contributed by atoms with van der Waals surface area (Å²) in [5.41, 5.74) is 1.77. The van der Waals surface area contributed by atoms with Gasteiger partial charge in [-0.15, -0.1) is 11.8 Å². The highest BCUT2D eigenvalue weighted by Crippen LogP contribution is 2.15. The van der Waals surface area contributed by atoms with Gasteiger partial charge in [0.1, 0.15) is 0 Å². The van der Waals surface area contributed by atoms with Crippen LogP contribution in [0.1, 0.15) is 5.56 Å². The van der Waals surface area contributed by atoms with E-state index < -0.39 is 6.03 Å². The van der Waals surface area contributed by atoms with Crippen molar-refractivity contribution in [3.05, 3.63) is 60.2 Å². The van der Waals surface area contributed by atoms with Gasteiger partial charge in [0.25, 0.3) is 0 Å². The number of nitrogens with zero attached hydrogens (tertiary/aromatic N) is 1. The Hall–Kier alpha value is -2.31. The average Bonchev–Trinajstić information content (AvgIpc) is 2.56. The third-order valence-electron chi connectivity index (χ3n) is 3.31. The number of rotatable bonds is 6. The first kappa shape index (κ1) is 18.0. The third kappa shape index (κ3) is 6.06. The molecule has 5 nitrogen and oxygen atoms in total. The number of hydrogen-bond acceptors (Lipinski definition) is 4. The number of hydrogen-bond donors (Lipinski definition) is 2. The van der Waals surface area contributed by atoms with E-state index in [9.17, 15) is 9.59 Å². The first-order chi connectivity index (χ1) is 11.6. The van der Waals surface area contributed by atoms with Crippen molar-refractivity contribution in [2.24, 2.45) is 0 Å². The van der Waals surface area contributed by atoms with Crippen molar-refractivity contribution in [3.63, 3.8) is 0 Å². The van der Waals surface area contributed by atoms with Gasteiger partial charge in [-0.1, -0.05) is 30.3 Å². The molecule has 126 valence electrons. The summed E-state index contributed by atoms with van der Waals surface area (Å²) >= 11 is 1.69. The molecule has 0 aromatic heterocycles. The Morgan fingerprint density at radius 1 is 1.04 bits per heavy atom. The largest absolute Gasteiger partial charge is 0.325 e. The second-order valence-corrected chi connectivity index (χ2v) is 6.27. The van der Waals surface area contributed by atoms with Crippen LogP contribution in [-0.4, -0.2) is 36.7 Å². The topological polar surface area (TPSA) is 61.4 Å². The van der Waals surface area contributed by atoms with E-state index in [1.165, 1.54) is 4.90 Å². The molecule has 0 aliphatic heterocycles. The molecule has 0 aliphatic rings. The van der Waals surface area contributed by atoms with Crippen molar-refractivity contribution in [2.45, 2.75) is 11.4 Å². The fourth-order valence-electron chi connectivity index (χ4n) is 2.19. The lowest BCUT2D eigenvalue weighted by Gasteiger charge is -2.16. The molecule has 0 radical (unpaired) electrons. The summed E-state index contributed by atoms with van der Waals surface area (Å²) in [6.07, 6.45) is 2.03. The van der Waals surface area contributed by atoms with Crippen molar-refractivity contribution in [2.75, 3.05) is 25.2 Å². The molecule has 3 amide bonds.